The number of allylic oxidation sites excluding steroid dienone is 1. The Morgan fingerprint density at radius 3 is 2.65 bits per heavy atom. The molecular weight excluding hydrogens is 469 g/mol. The smallest absolute Gasteiger partial charge is 0.185 e. The van der Waals surface area contributed by atoms with E-state index < -0.39 is 0 Å². The SMILES string of the molecule is COc1ccc(C(=O)/C=C/c2c(OCc3cn(Cc4cccc(F)c4)nn3)ccc3ccccc23)cc1. The molecule has 37 heavy (non-hydrogen) atoms. The van der Waals surface area contributed by atoms with Crippen molar-refractivity contribution in [2.75, 3.05) is 7.11 Å². The average molecular weight is 494 g/mol. The lowest BCUT2D eigenvalue weighted by Crippen LogP contribution is -2.01. The molecule has 0 N–H and O–H groups in total. The second-order valence-corrected chi connectivity index (χ2v) is 8.45. The lowest BCUT2D eigenvalue weighted by Gasteiger charge is -2.11. The molecular formula is C30H24FN3O3. The number of methoxy groups -OCH3 is 1. The third kappa shape index (κ3) is 5.73. The van der Waals surface area contributed by atoms with Gasteiger partial charge in [-0.05, 0) is 71.0 Å². The van der Waals surface area contributed by atoms with Crippen LogP contribution in [0.15, 0.2) is 97.2 Å². The molecule has 0 amide bonds. The number of fused-ring (bicyclic) bond motifs is 1. The van der Waals surface area contributed by atoms with Gasteiger partial charge in [0.25, 0.3) is 0 Å². The molecule has 1 heterocycles. The van der Waals surface area contributed by atoms with E-state index in [0.717, 1.165) is 21.9 Å². The first kappa shape index (κ1) is 23.9. The second kappa shape index (κ2) is 10.9. The summed E-state index contributed by atoms with van der Waals surface area (Å²) >= 11 is 0. The maximum atomic E-state index is 13.5. The average Bonchev–Trinajstić information content (AvgIpc) is 3.37. The standard InChI is InChI=1S/C30H24FN3O3/c1-36-26-12-9-23(10-13-26)29(35)15-14-28-27-8-3-2-6-22(27)11-16-30(28)37-20-25-19-34(33-32-25)18-21-5-4-7-24(31)17-21/h2-17,19H,18,20H2,1H3/b15-14+. The first-order chi connectivity index (χ1) is 18.1. The van der Waals surface area contributed by atoms with E-state index in [9.17, 15) is 9.18 Å². The van der Waals surface area contributed by atoms with Gasteiger partial charge in [-0.15, -0.1) is 5.10 Å². The number of carbonyl (C=O) groups excluding carboxylic acids is 1. The minimum absolute atomic E-state index is 0.123. The van der Waals surface area contributed by atoms with Crippen LogP contribution in [0.1, 0.15) is 27.2 Å². The summed E-state index contributed by atoms with van der Waals surface area (Å²) in [5.74, 6) is 0.903. The fourth-order valence-electron chi connectivity index (χ4n) is 4.04. The number of aromatic nitrogens is 3. The van der Waals surface area contributed by atoms with Gasteiger partial charge in [0.2, 0.25) is 0 Å². The quantitative estimate of drug-likeness (QED) is 0.183. The van der Waals surface area contributed by atoms with Crippen LogP contribution >= 0.6 is 0 Å². The molecule has 4 aromatic carbocycles. The zero-order valence-electron chi connectivity index (χ0n) is 20.2. The van der Waals surface area contributed by atoms with Crippen molar-refractivity contribution < 1.29 is 18.7 Å². The van der Waals surface area contributed by atoms with Gasteiger partial charge in [-0.25, -0.2) is 9.07 Å². The Morgan fingerprint density at radius 1 is 1.00 bits per heavy atom. The highest BCUT2D eigenvalue weighted by Gasteiger charge is 2.10. The van der Waals surface area contributed by atoms with E-state index in [1.54, 1.807) is 60.5 Å². The first-order valence-electron chi connectivity index (χ1n) is 11.7. The molecule has 0 aliphatic carbocycles. The number of hydrogen-bond donors (Lipinski definition) is 0. The number of carbonyl (C=O) groups is 1. The van der Waals surface area contributed by atoms with Crippen molar-refractivity contribution in [3.63, 3.8) is 0 Å². The van der Waals surface area contributed by atoms with Crippen molar-refractivity contribution >= 4 is 22.6 Å². The van der Waals surface area contributed by atoms with Crippen LogP contribution in [0.2, 0.25) is 0 Å². The van der Waals surface area contributed by atoms with Crippen molar-refractivity contribution in [1.82, 2.24) is 15.0 Å². The van der Waals surface area contributed by atoms with Crippen molar-refractivity contribution in [1.29, 1.82) is 0 Å². The van der Waals surface area contributed by atoms with Crippen LogP contribution < -0.4 is 9.47 Å². The van der Waals surface area contributed by atoms with Gasteiger partial charge in [-0.3, -0.25) is 4.79 Å². The van der Waals surface area contributed by atoms with E-state index in [0.29, 0.717) is 29.3 Å². The minimum atomic E-state index is -0.288. The van der Waals surface area contributed by atoms with Gasteiger partial charge >= 0.3 is 0 Å². The molecule has 0 radical (unpaired) electrons. The topological polar surface area (TPSA) is 66.2 Å². The number of halogens is 1. The fraction of sp³-hybridized carbons (Fsp3) is 0.100. The van der Waals surface area contributed by atoms with Crippen LogP contribution in [0.4, 0.5) is 4.39 Å². The highest BCUT2D eigenvalue weighted by Crippen LogP contribution is 2.30. The summed E-state index contributed by atoms with van der Waals surface area (Å²) in [7, 11) is 1.59. The van der Waals surface area contributed by atoms with Crippen molar-refractivity contribution in [3.05, 3.63) is 125 Å². The molecule has 0 aliphatic rings. The van der Waals surface area contributed by atoms with Crippen molar-refractivity contribution in [2.45, 2.75) is 13.2 Å². The summed E-state index contributed by atoms with van der Waals surface area (Å²) < 4.78 is 26.4. The normalized spacial score (nSPS) is 11.2. The summed E-state index contributed by atoms with van der Waals surface area (Å²) in [6, 6.07) is 25.2. The molecule has 184 valence electrons. The molecule has 0 saturated heterocycles. The summed E-state index contributed by atoms with van der Waals surface area (Å²) in [4.78, 5) is 12.8. The van der Waals surface area contributed by atoms with Crippen LogP contribution in [0.5, 0.6) is 11.5 Å². The van der Waals surface area contributed by atoms with Gasteiger partial charge in [-0.1, -0.05) is 47.7 Å². The number of ether oxygens (including phenoxy) is 2. The van der Waals surface area contributed by atoms with E-state index in [2.05, 4.69) is 10.3 Å². The summed E-state index contributed by atoms with van der Waals surface area (Å²) in [6.07, 6.45) is 5.10. The molecule has 0 unspecified atom stereocenters. The Labute approximate surface area is 213 Å². The Bertz CT molecular complexity index is 1580. The van der Waals surface area contributed by atoms with Gasteiger partial charge < -0.3 is 9.47 Å². The number of rotatable bonds is 9. The van der Waals surface area contributed by atoms with Gasteiger partial charge in [0, 0.05) is 11.1 Å². The molecule has 0 bridgehead atoms. The number of nitrogens with zero attached hydrogens (tertiary/aromatic N) is 3. The summed E-state index contributed by atoms with van der Waals surface area (Å²) in [5.41, 5.74) is 2.79. The highest BCUT2D eigenvalue weighted by molar-refractivity contribution is 6.08. The van der Waals surface area contributed by atoms with Gasteiger partial charge in [-0.2, -0.15) is 0 Å². The van der Waals surface area contributed by atoms with Crippen LogP contribution in [0.25, 0.3) is 16.8 Å². The molecule has 1 aromatic heterocycles. The van der Waals surface area contributed by atoms with E-state index in [1.807, 2.05) is 42.5 Å². The molecule has 0 fully saturated rings. The number of benzene rings is 4. The predicted molar refractivity (Wildman–Crippen MR) is 140 cm³/mol. The zero-order valence-corrected chi connectivity index (χ0v) is 20.2. The fourth-order valence-corrected chi connectivity index (χ4v) is 4.04. The van der Waals surface area contributed by atoms with Crippen molar-refractivity contribution in [2.24, 2.45) is 0 Å². The van der Waals surface area contributed by atoms with Crippen molar-refractivity contribution in [3.8, 4) is 11.5 Å². The lowest BCUT2D eigenvalue weighted by atomic mass is 10.0. The molecule has 0 saturated carbocycles. The monoisotopic (exact) mass is 493 g/mol. The van der Waals surface area contributed by atoms with Crippen LogP contribution in [0, 0.1) is 5.82 Å². The zero-order chi connectivity index (χ0) is 25.6. The van der Waals surface area contributed by atoms with E-state index in [4.69, 9.17) is 9.47 Å². The first-order valence-corrected chi connectivity index (χ1v) is 11.7. The summed E-state index contributed by atoms with van der Waals surface area (Å²) in [6.45, 7) is 0.594. The van der Waals surface area contributed by atoms with E-state index >= 15 is 0 Å². The summed E-state index contributed by atoms with van der Waals surface area (Å²) in [5, 5.41) is 10.3. The molecule has 0 spiro atoms. The van der Waals surface area contributed by atoms with E-state index in [1.165, 1.54) is 12.1 Å². The Morgan fingerprint density at radius 2 is 1.84 bits per heavy atom. The third-order valence-corrected chi connectivity index (χ3v) is 5.90. The Kier molecular flexibility index (Phi) is 7.03. The van der Waals surface area contributed by atoms with Gasteiger partial charge in [0.1, 0.15) is 29.6 Å². The number of hydrogen-bond acceptors (Lipinski definition) is 5. The number of ketones is 1. The largest absolute Gasteiger partial charge is 0.497 e. The lowest BCUT2D eigenvalue weighted by molar-refractivity contribution is 0.104. The van der Waals surface area contributed by atoms with E-state index in [-0.39, 0.29) is 18.2 Å². The molecule has 0 atom stereocenters. The molecule has 0 aliphatic heterocycles. The Balaban J connectivity index is 1.35. The van der Waals surface area contributed by atoms with Crippen LogP contribution in [-0.2, 0) is 13.2 Å². The molecule has 6 nitrogen and oxygen atoms in total. The molecule has 5 aromatic rings. The maximum Gasteiger partial charge on any atom is 0.185 e. The maximum absolute atomic E-state index is 13.5. The Hall–Kier alpha value is -4.78. The van der Waals surface area contributed by atoms with Crippen LogP contribution in [-0.4, -0.2) is 27.9 Å². The minimum Gasteiger partial charge on any atom is -0.497 e. The van der Waals surface area contributed by atoms with Crippen LogP contribution in [0.3, 0.4) is 0 Å². The third-order valence-electron chi connectivity index (χ3n) is 5.90. The highest BCUT2D eigenvalue weighted by atomic mass is 19.1. The van der Waals surface area contributed by atoms with Gasteiger partial charge in [0.15, 0.2) is 5.78 Å². The van der Waals surface area contributed by atoms with Gasteiger partial charge in [0.05, 0.1) is 19.9 Å². The second-order valence-electron chi connectivity index (χ2n) is 8.45. The molecule has 7 heteroatoms. The molecule has 5 rings (SSSR count). The predicted octanol–water partition coefficient (Wildman–Crippen LogP) is 6.10.